The molecule has 1 aliphatic rings. The van der Waals surface area contributed by atoms with Gasteiger partial charge in [0.2, 0.25) is 12.2 Å². The van der Waals surface area contributed by atoms with Gasteiger partial charge in [-0.05, 0) is 12.5 Å². The van der Waals surface area contributed by atoms with Crippen LogP contribution in [0.5, 0.6) is 11.5 Å². The van der Waals surface area contributed by atoms with Crippen LogP contribution in [0.15, 0.2) is 16.9 Å². The lowest BCUT2D eigenvalue weighted by molar-refractivity contribution is 0.0936. The highest BCUT2D eigenvalue weighted by Crippen LogP contribution is 2.34. The number of hydrogen-bond donors (Lipinski definition) is 2. The number of aliphatic hydroxyl groups excluding tert-OH is 1. The maximum Gasteiger partial charge on any atom is 0.275 e. The number of aryl methyl sites for hydroxylation is 1. The SMILES string of the molecule is CCCn1nc(C(=O)NCCO)c(=O)c2cc3c(cc21)OCO3. The van der Waals surface area contributed by atoms with Crippen molar-refractivity contribution in [2.45, 2.75) is 19.9 Å². The Morgan fingerprint density at radius 2 is 2.13 bits per heavy atom. The number of amides is 1. The summed E-state index contributed by atoms with van der Waals surface area (Å²) in [5.74, 6) is 0.431. The molecule has 0 unspecified atom stereocenters. The molecule has 1 aliphatic heterocycles. The zero-order chi connectivity index (χ0) is 16.4. The van der Waals surface area contributed by atoms with Gasteiger partial charge in [0.25, 0.3) is 5.91 Å². The molecule has 0 atom stereocenters. The fraction of sp³-hybridized carbons (Fsp3) is 0.400. The number of aromatic nitrogens is 2. The Hall–Kier alpha value is -2.61. The molecule has 1 amide bonds. The Morgan fingerprint density at radius 3 is 2.83 bits per heavy atom. The summed E-state index contributed by atoms with van der Waals surface area (Å²) >= 11 is 0. The lowest BCUT2D eigenvalue weighted by Gasteiger charge is -2.12. The second kappa shape index (κ2) is 6.25. The molecule has 0 aliphatic carbocycles. The zero-order valence-electron chi connectivity index (χ0n) is 12.7. The molecule has 0 saturated carbocycles. The van der Waals surface area contributed by atoms with Gasteiger partial charge in [-0.2, -0.15) is 5.10 Å². The van der Waals surface area contributed by atoms with Crippen LogP contribution in [0.4, 0.5) is 0 Å². The van der Waals surface area contributed by atoms with Crippen LogP contribution in [0.2, 0.25) is 0 Å². The average Bonchev–Trinajstić information content (AvgIpc) is 3.01. The number of fused-ring (bicyclic) bond motifs is 2. The summed E-state index contributed by atoms with van der Waals surface area (Å²) in [7, 11) is 0. The van der Waals surface area contributed by atoms with E-state index in [1.54, 1.807) is 16.8 Å². The lowest BCUT2D eigenvalue weighted by Crippen LogP contribution is -2.33. The fourth-order valence-corrected chi connectivity index (χ4v) is 2.46. The molecule has 0 saturated heterocycles. The van der Waals surface area contributed by atoms with Gasteiger partial charge in [-0.25, -0.2) is 0 Å². The molecule has 0 radical (unpaired) electrons. The number of ether oxygens (including phenoxy) is 2. The molecule has 2 heterocycles. The van der Waals surface area contributed by atoms with E-state index < -0.39 is 11.3 Å². The van der Waals surface area contributed by atoms with Gasteiger partial charge in [-0.1, -0.05) is 6.92 Å². The monoisotopic (exact) mass is 319 g/mol. The molecule has 8 nitrogen and oxygen atoms in total. The topological polar surface area (TPSA) is 103 Å². The van der Waals surface area contributed by atoms with E-state index in [4.69, 9.17) is 14.6 Å². The van der Waals surface area contributed by atoms with Gasteiger partial charge in [0.1, 0.15) is 0 Å². The highest BCUT2D eigenvalue weighted by Gasteiger charge is 2.21. The van der Waals surface area contributed by atoms with Crippen molar-refractivity contribution >= 4 is 16.8 Å². The van der Waals surface area contributed by atoms with E-state index in [9.17, 15) is 9.59 Å². The van der Waals surface area contributed by atoms with Gasteiger partial charge < -0.3 is 19.9 Å². The van der Waals surface area contributed by atoms with E-state index in [1.165, 1.54) is 0 Å². The maximum absolute atomic E-state index is 12.6. The van der Waals surface area contributed by atoms with E-state index in [0.29, 0.717) is 28.9 Å². The van der Waals surface area contributed by atoms with Crippen molar-refractivity contribution in [1.82, 2.24) is 15.1 Å². The summed E-state index contributed by atoms with van der Waals surface area (Å²) in [6, 6.07) is 3.29. The van der Waals surface area contributed by atoms with Crippen LogP contribution in [-0.2, 0) is 6.54 Å². The second-order valence-corrected chi connectivity index (χ2v) is 5.10. The third-order valence-corrected chi connectivity index (χ3v) is 3.50. The summed E-state index contributed by atoms with van der Waals surface area (Å²) in [5, 5.41) is 15.8. The first kappa shape index (κ1) is 15.3. The standard InChI is InChI=1S/C15H17N3O5/c1-2-4-18-10-7-12-11(22-8-23-12)6-9(10)14(20)13(17-18)15(21)16-3-5-19/h6-7,19H,2-5,8H2,1H3,(H,16,21). The van der Waals surface area contributed by atoms with Crippen LogP contribution in [0.3, 0.4) is 0 Å². The molecule has 8 heteroatoms. The average molecular weight is 319 g/mol. The molecule has 0 bridgehead atoms. The molecular formula is C15H17N3O5. The van der Waals surface area contributed by atoms with Crippen LogP contribution in [-0.4, -0.2) is 40.7 Å². The van der Waals surface area contributed by atoms with Crippen LogP contribution < -0.4 is 20.2 Å². The first-order valence-corrected chi connectivity index (χ1v) is 7.39. The van der Waals surface area contributed by atoms with Crippen molar-refractivity contribution in [3.8, 4) is 11.5 Å². The predicted octanol–water partition coefficient (Wildman–Crippen LogP) is 0.257. The summed E-state index contributed by atoms with van der Waals surface area (Å²) in [4.78, 5) is 24.7. The number of nitrogens with one attached hydrogen (secondary N) is 1. The number of aliphatic hydroxyl groups is 1. The van der Waals surface area contributed by atoms with Gasteiger partial charge in [0, 0.05) is 19.2 Å². The van der Waals surface area contributed by atoms with Crippen molar-refractivity contribution < 1.29 is 19.4 Å². The molecule has 2 aromatic rings. The second-order valence-electron chi connectivity index (χ2n) is 5.10. The number of carbonyl (C=O) groups is 1. The smallest absolute Gasteiger partial charge is 0.275 e. The van der Waals surface area contributed by atoms with Crippen molar-refractivity contribution in [3.63, 3.8) is 0 Å². The summed E-state index contributed by atoms with van der Waals surface area (Å²) in [5.41, 5.74) is -0.0702. The van der Waals surface area contributed by atoms with Crippen LogP contribution >= 0.6 is 0 Å². The van der Waals surface area contributed by atoms with Gasteiger partial charge >= 0.3 is 0 Å². The first-order valence-electron chi connectivity index (χ1n) is 7.39. The molecule has 3 rings (SSSR count). The van der Waals surface area contributed by atoms with E-state index in [-0.39, 0.29) is 25.6 Å². The zero-order valence-corrected chi connectivity index (χ0v) is 12.7. The van der Waals surface area contributed by atoms with Gasteiger partial charge in [-0.3, -0.25) is 14.3 Å². The minimum absolute atomic E-state index is 0.0624. The normalized spacial score (nSPS) is 12.6. The van der Waals surface area contributed by atoms with Crippen molar-refractivity contribution in [2.75, 3.05) is 19.9 Å². The van der Waals surface area contributed by atoms with Crippen molar-refractivity contribution in [3.05, 3.63) is 28.0 Å². The van der Waals surface area contributed by atoms with Gasteiger partial charge in [0.05, 0.1) is 17.5 Å². The fourth-order valence-electron chi connectivity index (χ4n) is 2.46. The molecule has 0 fully saturated rings. The van der Waals surface area contributed by atoms with Crippen molar-refractivity contribution in [1.29, 1.82) is 0 Å². The van der Waals surface area contributed by atoms with Crippen LogP contribution in [0.1, 0.15) is 23.8 Å². The largest absolute Gasteiger partial charge is 0.454 e. The first-order chi connectivity index (χ1) is 11.2. The van der Waals surface area contributed by atoms with E-state index in [1.807, 2.05) is 6.92 Å². The quantitative estimate of drug-likeness (QED) is 0.819. The Balaban J connectivity index is 2.19. The van der Waals surface area contributed by atoms with E-state index in [2.05, 4.69) is 10.4 Å². The molecular weight excluding hydrogens is 302 g/mol. The van der Waals surface area contributed by atoms with Crippen LogP contribution in [0.25, 0.3) is 10.9 Å². The minimum atomic E-state index is -0.603. The summed E-state index contributed by atoms with van der Waals surface area (Å²) in [6.07, 6.45) is 0.789. The number of nitrogens with zero attached hydrogens (tertiary/aromatic N) is 2. The third kappa shape index (κ3) is 2.72. The van der Waals surface area contributed by atoms with Crippen LogP contribution in [0, 0.1) is 0 Å². The highest BCUT2D eigenvalue weighted by molar-refractivity contribution is 5.96. The maximum atomic E-state index is 12.6. The number of benzene rings is 1. The predicted molar refractivity (Wildman–Crippen MR) is 81.8 cm³/mol. The molecule has 1 aromatic carbocycles. The number of rotatable bonds is 5. The molecule has 0 spiro atoms. The van der Waals surface area contributed by atoms with E-state index in [0.717, 1.165) is 6.42 Å². The third-order valence-electron chi connectivity index (χ3n) is 3.50. The van der Waals surface area contributed by atoms with E-state index >= 15 is 0 Å². The molecule has 122 valence electrons. The highest BCUT2D eigenvalue weighted by atomic mass is 16.7. The Morgan fingerprint density at radius 1 is 1.39 bits per heavy atom. The summed E-state index contributed by atoms with van der Waals surface area (Å²) in [6.45, 7) is 2.49. The number of carbonyl (C=O) groups excluding carboxylic acids is 1. The number of hydrogen-bond acceptors (Lipinski definition) is 6. The Kier molecular flexibility index (Phi) is 4.16. The molecule has 2 N–H and O–H groups in total. The van der Waals surface area contributed by atoms with Gasteiger partial charge in [0.15, 0.2) is 17.2 Å². The molecule has 1 aromatic heterocycles. The minimum Gasteiger partial charge on any atom is -0.454 e. The Labute approximate surface area is 131 Å². The summed E-state index contributed by atoms with van der Waals surface area (Å²) < 4.78 is 12.3. The Bertz CT molecular complexity index is 815. The lowest BCUT2D eigenvalue weighted by atomic mass is 10.1. The molecule has 23 heavy (non-hydrogen) atoms. The van der Waals surface area contributed by atoms with Gasteiger partial charge in [-0.15, -0.1) is 0 Å². The van der Waals surface area contributed by atoms with Crippen molar-refractivity contribution in [2.24, 2.45) is 0 Å².